The van der Waals surface area contributed by atoms with E-state index in [9.17, 15) is 4.79 Å². The van der Waals surface area contributed by atoms with E-state index in [4.69, 9.17) is 10.8 Å². The summed E-state index contributed by atoms with van der Waals surface area (Å²) >= 11 is 0. The van der Waals surface area contributed by atoms with Crippen LogP contribution in [0, 0.1) is 6.92 Å². The summed E-state index contributed by atoms with van der Waals surface area (Å²) in [7, 11) is 1.64. The summed E-state index contributed by atoms with van der Waals surface area (Å²) in [5.41, 5.74) is 9.84. The molecular formula is C17H23N5O2. The van der Waals surface area contributed by atoms with Gasteiger partial charge in [0.05, 0.1) is 12.0 Å². The van der Waals surface area contributed by atoms with Gasteiger partial charge in [0.2, 0.25) is 0 Å². The molecule has 128 valence electrons. The predicted molar refractivity (Wildman–Crippen MR) is 92.2 cm³/mol. The Morgan fingerprint density at radius 1 is 1.46 bits per heavy atom. The van der Waals surface area contributed by atoms with Gasteiger partial charge in [0.1, 0.15) is 0 Å². The molecule has 1 aliphatic rings. The molecule has 0 unspecified atom stereocenters. The summed E-state index contributed by atoms with van der Waals surface area (Å²) in [6.07, 6.45) is 3.73. The van der Waals surface area contributed by atoms with Crippen molar-refractivity contribution < 1.29 is 9.90 Å². The van der Waals surface area contributed by atoms with Crippen molar-refractivity contribution in [2.75, 3.05) is 25.9 Å². The van der Waals surface area contributed by atoms with E-state index in [1.54, 1.807) is 13.4 Å². The smallest absolute Gasteiger partial charge is 0.407 e. The van der Waals surface area contributed by atoms with Crippen molar-refractivity contribution >= 4 is 11.8 Å². The summed E-state index contributed by atoms with van der Waals surface area (Å²) < 4.78 is 1.96. The zero-order valence-electron chi connectivity index (χ0n) is 14.0. The van der Waals surface area contributed by atoms with E-state index in [1.165, 1.54) is 4.90 Å². The van der Waals surface area contributed by atoms with Gasteiger partial charge in [-0.05, 0) is 37.1 Å². The minimum absolute atomic E-state index is 0.0549. The van der Waals surface area contributed by atoms with Gasteiger partial charge in [-0.15, -0.1) is 0 Å². The van der Waals surface area contributed by atoms with Crippen LogP contribution < -0.4 is 5.73 Å². The van der Waals surface area contributed by atoms with Gasteiger partial charge in [-0.3, -0.25) is 4.90 Å². The van der Waals surface area contributed by atoms with Crippen molar-refractivity contribution in [1.82, 2.24) is 19.4 Å². The quantitative estimate of drug-likeness (QED) is 0.837. The van der Waals surface area contributed by atoms with Gasteiger partial charge in [0.25, 0.3) is 0 Å². The van der Waals surface area contributed by atoms with Gasteiger partial charge in [0, 0.05) is 50.3 Å². The molecule has 1 amide bonds. The lowest BCUT2D eigenvalue weighted by Gasteiger charge is -2.22. The molecule has 0 aliphatic carbocycles. The number of carboxylic acid groups (broad SMARTS) is 1. The minimum atomic E-state index is -0.872. The highest BCUT2D eigenvalue weighted by atomic mass is 16.4. The van der Waals surface area contributed by atoms with E-state index >= 15 is 0 Å². The number of rotatable bonds is 4. The van der Waals surface area contributed by atoms with Crippen LogP contribution in [-0.4, -0.2) is 56.7 Å². The molecule has 1 atom stereocenters. The number of aromatic nitrogens is 2. The van der Waals surface area contributed by atoms with Crippen molar-refractivity contribution in [3.8, 4) is 5.69 Å². The Morgan fingerprint density at radius 3 is 2.92 bits per heavy atom. The number of nitrogens with zero attached hydrogens (tertiary/aromatic N) is 4. The van der Waals surface area contributed by atoms with Crippen LogP contribution in [0.15, 0.2) is 30.7 Å². The zero-order chi connectivity index (χ0) is 17.3. The molecule has 1 aromatic carbocycles. The summed E-state index contributed by atoms with van der Waals surface area (Å²) in [4.78, 5) is 19.0. The van der Waals surface area contributed by atoms with Crippen molar-refractivity contribution in [2.45, 2.75) is 25.9 Å². The van der Waals surface area contributed by atoms with Crippen molar-refractivity contribution in [2.24, 2.45) is 0 Å². The van der Waals surface area contributed by atoms with Crippen LogP contribution in [0.25, 0.3) is 5.69 Å². The Labute approximate surface area is 141 Å². The number of hydrogen-bond acceptors (Lipinski definition) is 4. The first-order valence-corrected chi connectivity index (χ1v) is 8.01. The van der Waals surface area contributed by atoms with Crippen LogP contribution in [-0.2, 0) is 6.54 Å². The second-order valence-electron chi connectivity index (χ2n) is 6.43. The van der Waals surface area contributed by atoms with Crippen LogP contribution in [0.3, 0.4) is 0 Å². The summed E-state index contributed by atoms with van der Waals surface area (Å²) in [5.74, 6) is 0. The molecule has 1 aliphatic heterocycles. The fourth-order valence-electron chi connectivity index (χ4n) is 3.19. The van der Waals surface area contributed by atoms with Crippen molar-refractivity contribution in [3.05, 3.63) is 42.0 Å². The summed E-state index contributed by atoms with van der Waals surface area (Å²) in [5, 5.41) is 9.10. The molecule has 3 rings (SSSR count). The molecule has 2 aromatic rings. The Morgan fingerprint density at radius 2 is 2.25 bits per heavy atom. The number of nitrogens with two attached hydrogens (primary N) is 1. The number of carbonyl (C=O) groups is 1. The van der Waals surface area contributed by atoms with Crippen LogP contribution in [0.5, 0.6) is 0 Å². The lowest BCUT2D eigenvalue weighted by Crippen LogP contribution is -2.37. The van der Waals surface area contributed by atoms with Crippen LogP contribution >= 0.6 is 0 Å². The van der Waals surface area contributed by atoms with Crippen molar-refractivity contribution in [3.63, 3.8) is 0 Å². The predicted octanol–water partition coefficient (Wildman–Crippen LogP) is 1.95. The maximum absolute atomic E-state index is 11.1. The molecule has 24 heavy (non-hydrogen) atoms. The third kappa shape index (κ3) is 3.51. The molecule has 0 saturated carbocycles. The SMILES string of the molecule is Cc1cn(-c2cc(N)cc(CN3CC[C@H](N(C)C(=O)O)C3)c2)cn1. The fraction of sp³-hybridized carbons (Fsp3) is 0.412. The topological polar surface area (TPSA) is 87.6 Å². The fourth-order valence-corrected chi connectivity index (χ4v) is 3.19. The van der Waals surface area contributed by atoms with Gasteiger partial charge >= 0.3 is 6.09 Å². The number of hydrogen-bond donors (Lipinski definition) is 2. The maximum atomic E-state index is 11.1. The minimum Gasteiger partial charge on any atom is -0.465 e. The van der Waals surface area contributed by atoms with Gasteiger partial charge in [-0.2, -0.15) is 0 Å². The van der Waals surface area contributed by atoms with E-state index in [2.05, 4.69) is 16.0 Å². The third-order valence-corrected chi connectivity index (χ3v) is 4.51. The second kappa shape index (κ2) is 6.52. The highest BCUT2D eigenvalue weighted by Crippen LogP contribution is 2.21. The normalized spacial score (nSPS) is 18.0. The Kier molecular flexibility index (Phi) is 4.44. The van der Waals surface area contributed by atoms with Crippen LogP contribution in [0.2, 0.25) is 0 Å². The molecule has 3 N–H and O–H groups in total. The number of likely N-dealkylation sites (tertiary alicyclic amines) is 1. The lowest BCUT2D eigenvalue weighted by atomic mass is 10.1. The van der Waals surface area contributed by atoms with Gasteiger partial charge in [-0.1, -0.05) is 0 Å². The number of nitrogen functional groups attached to an aromatic ring is 1. The Hall–Kier alpha value is -2.54. The lowest BCUT2D eigenvalue weighted by molar-refractivity contribution is 0.138. The van der Waals surface area contributed by atoms with E-state index in [-0.39, 0.29) is 6.04 Å². The molecule has 1 aromatic heterocycles. The number of likely N-dealkylation sites (N-methyl/N-ethyl adjacent to an activating group) is 1. The molecule has 0 radical (unpaired) electrons. The second-order valence-corrected chi connectivity index (χ2v) is 6.43. The summed E-state index contributed by atoms with van der Waals surface area (Å²) in [6, 6.07) is 6.06. The van der Waals surface area contributed by atoms with E-state index in [1.807, 2.05) is 29.8 Å². The monoisotopic (exact) mass is 329 g/mol. The number of anilines is 1. The molecule has 1 fully saturated rings. The van der Waals surface area contributed by atoms with Gasteiger partial charge in [-0.25, -0.2) is 9.78 Å². The molecule has 2 heterocycles. The molecule has 7 heteroatoms. The van der Waals surface area contributed by atoms with Crippen molar-refractivity contribution in [1.29, 1.82) is 0 Å². The average Bonchev–Trinajstić information content (AvgIpc) is 3.15. The first-order valence-electron chi connectivity index (χ1n) is 8.01. The Bertz CT molecular complexity index is 742. The molecule has 0 bridgehead atoms. The molecule has 0 spiro atoms. The highest BCUT2D eigenvalue weighted by Gasteiger charge is 2.28. The first kappa shape index (κ1) is 16.3. The molecule has 1 saturated heterocycles. The van der Waals surface area contributed by atoms with E-state index < -0.39 is 6.09 Å². The largest absolute Gasteiger partial charge is 0.465 e. The van der Waals surface area contributed by atoms with Crippen LogP contribution in [0.1, 0.15) is 17.7 Å². The standard InChI is InChI=1S/C17H23N5O2/c1-12-8-22(11-19-12)16-6-13(5-14(18)7-16)9-21-4-3-15(10-21)20(2)17(23)24/h5-8,11,15H,3-4,9-10,18H2,1-2H3,(H,23,24)/t15-/m0/s1. The number of aryl methyl sites for hydroxylation is 1. The molecular weight excluding hydrogens is 306 g/mol. The number of imidazole rings is 1. The third-order valence-electron chi connectivity index (χ3n) is 4.51. The first-order chi connectivity index (χ1) is 11.4. The highest BCUT2D eigenvalue weighted by molar-refractivity contribution is 5.65. The van der Waals surface area contributed by atoms with Gasteiger partial charge < -0.3 is 20.3 Å². The molecule has 7 nitrogen and oxygen atoms in total. The van der Waals surface area contributed by atoms with E-state index in [0.717, 1.165) is 43.0 Å². The van der Waals surface area contributed by atoms with Crippen LogP contribution in [0.4, 0.5) is 10.5 Å². The summed E-state index contributed by atoms with van der Waals surface area (Å²) in [6.45, 7) is 4.34. The number of benzene rings is 1. The average molecular weight is 329 g/mol. The Balaban J connectivity index is 1.72. The van der Waals surface area contributed by atoms with Gasteiger partial charge in [0.15, 0.2) is 0 Å². The van der Waals surface area contributed by atoms with E-state index in [0.29, 0.717) is 5.69 Å². The number of amides is 1. The maximum Gasteiger partial charge on any atom is 0.407 e. The zero-order valence-corrected chi connectivity index (χ0v) is 14.0.